The van der Waals surface area contributed by atoms with E-state index in [1.54, 1.807) is 36.5 Å². The molecule has 0 fully saturated rings. The number of hydrogen-bond acceptors (Lipinski definition) is 5. The van der Waals surface area contributed by atoms with Gasteiger partial charge < -0.3 is 9.84 Å². The first-order valence-electron chi connectivity index (χ1n) is 10.1. The van der Waals surface area contributed by atoms with Crippen LogP contribution >= 0.6 is 34.5 Å². The molecule has 0 bridgehead atoms. The quantitative estimate of drug-likeness (QED) is 0.277. The summed E-state index contributed by atoms with van der Waals surface area (Å²) in [5.74, 6) is 0.0165. The Morgan fingerprint density at radius 1 is 1.00 bits per heavy atom. The third kappa shape index (κ3) is 4.13. The van der Waals surface area contributed by atoms with Gasteiger partial charge in [0.1, 0.15) is 22.0 Å². The molecule has 0 radical (unpaired) electrons. The molecule has 0 atom stereocenters. The molecule has 2 aromatic heterocycles. The fourth-order valence-electron chi connectivity index (χ4n) is 3.58. The van der Waals surface area contributed by atoms with Crippen LogP contribution in [0.5, 0.6) is 0 Å². The fourth-order valence-corrected chi connectivity index (χ4v) is 5.23. The van der Waals surface area contributed by atoms with E-state index < -0.39 is 0 Å². The maximum atomic E-state index is 13.1. The minimum absolute atomic E-state index is 0.288. The zero-order chi connectivity index (χ0) is 23.1. The highest BCUT2D eigenvalue weighted by Gasteiger charge is 2.25. The molecule has 0 saturated heterocycles. The number of fused-ring (bicyclic) bond motifs is 1. The molecule has 0 aliphatic carbocycles. The number of carbonyl (C=O) groups is 1. The van der Waals surface area contributed by atoms with Crippen LogP contribution in [0.15, 0.2) is 65.2 Å². The van der Waals surface area contributed by atoms with Gasteiger partial charge in [0.05, 0.1) is 20.3 Å². The molecule has 2 heterocycles. The third-order valence-electron chi connectivity index (χ3n) is 5.22. The number of halogens is 2. The molecule has 1 amide bonds. The molecule has 1 N–H and O–H groups in total. The Labute approximate surface area is 204 Å². The zero-order valence-corrected chi connectivity index (χ0v) is 20.0. The highest BCUT2D eigenvalue weighted by Crippen LogP contribution is 2.37. The molecule has 0 spiro atoms. The van der Waals surface area contributed by atoms with Crippen LogP contribution in [0, 0.1) is 13.8 Å². The van der Waals surface area contributed by atoms with Crippen LogP contribution < -0.4 is 5.32 Å². The smallest absolute Gasteiger partial charge is 0.261 e. The van der Waals surface area contributed by atoms with Gasteiger partial charge >= 0.3 is 0 Å². The average molecular weight is 494 g/mol. The molecule has 3 aromatic carbocycles. The summed E-state index contributed by atoms with van der Waals surface area (Å²) >= 11 is 14.3. The molecule has 33 heavy (non-hydrogen) atoms. The summed E-state index contributed by atoms with van der Waals surface area (Å²) in [5, 5.41) is 8.65. The second-order valence-electron chi connectivity index (χ2n) is 7.58. The predicted octanol–water partition coefficient (Wildman–Crippen LogP) is 7.79. The van der Waals surface area contributed by atoms with Crippen molar-refractivity contribution in [2.75, 3.05) is 5.32 Å². The largest absolute Gasteiger partial charge is 0.360 e. The summed E-state index contributed by atoms with van der Waals surface area (Å²) in [6, 6.07) is 18.9. The minimum atomic E-state index is -0.358. The van der Waals surface area contributed by atoms with Gasteiger partial charge in [-0.3, -0.25) is 4.79 Å². The zero-order valence-electron chi connectivity index (χ0n) is 17.6. The van der Waals surface area contributed by atoms with Gasteiger partial charge in [0.25, 0.3) is 5.91 Å². The minimum Gasteiger partial charge on any atom is -0.360 e. The first-order chi connectivity index (χ1) is 15.9. The van der Waals surface area contributed by atoms with Crippen LogP contribution in [0.3, 0.4) is 0 Å². The molecule has 164 valence electrons. The fraction of sp³-hybridized carbons (Fsp3) is 0.0800. The van der Waals surface area contributed by atoms with Crippen molar-refractivity contribution >= 4 is 56.3 Å². The number of anilines is 1. The molecule has 0 saturated carbocycles. The van der Waals surface area contributed by atoms with Gasteiger partial charge in [-0.15, -0.1) is 11.3 Å². The first kappa shape index (κ1) is 21.6. The van der Waals surface area contributed by atoms with Crippen LogP contribution in [0.1, 0.15) is 21.7 Å². The van der Waals surface area contributed by atoms with E-state index in [0.29, 0.717) is 32.8 Å². The lowest BCUT2D eigenvalue weighted by molar-refractivity contribution is 0.102. The third-order valence-corrected chi connectivity index (χ3v) is 6.92. The molecule has 5 nitrogen and oxygen atoms in total. The molecule has 5 aromatic rings. The number of benzene rings is 3. The van der Waals surface area contributed by atoms with E-state index in [-0.39, 0.29) is 11.5 Å². The Hall–Kier alpha value is -3.19. The molecule has 5 rings (SSSR count). The van der Waals surface area contributed by atoms with E-state index in [2.05, 4.69) is 29.5 Å². The Morgan fingerprint density at radius 3 is 2.45 bits per heavy atom. The Bertz CT molecular complexity index is 1490. The van der Waals surface area contributed by atoms with Crippen LogP contribution in [0.25, 0.3) is 32.0 Å². The highest BCUT2D eigenvalue weighted by atomic mass is 35.5. The topological polar surface area (TPSA) is 68.0 Å². The molecule has 8 heteroatoms. The molecular weight excluding hydrogens is 477 g/mol. The standard InChI is InChI=1S/C25H17Cl2N3O2S/c1-13-6-11-19-20(12-13)33-25(29-19)15-7-9-16(10-8-15)28-24(31)21-14(2)32-30-23(21)22-17(26)4-3-5-18(22)27/h3-12H,1-2H3,(H,28,31). The van der Waals surface area contributed by atoms with Gasteiger partial charge in [-0.05, 0) is 67.9 Å². The lowest BCUT2D eigenvalue weighted by Gasteiger charge is -2.08. The second kappa shape index (κ2) is 8.63. The Balaban J connectivity index is 1.41. The molecular formula is C25H17Cl2N3O2S. The summed E-state index contributed by atoms with van der Waals surface area (Å²) in [4.78, 5) is 17.8. The van der Waals surface area contributed by atoms with Crippen LogP contribution in [-0.4, -0.2) is 16.0 Å². The maximum Gasteiger partial charge on any atom is 0.261 e. The van der Waals surface area contributed by atoms with E-state index in [1.165, 1.54) is 5.56 Å². The number of thiazole rings is 1. The summed E-state index contributed by atoms with van der Waals surface area (Å²) < 4.78 is 6.45. The van der Waals surface area contributed by atoms with E-state index in [1.807, 2.05) is 30.3 Å². The number of aromatic nitrogens is 2. The van der Waals surface area contributed by atoms with Crippen molar-refractivity contribution in [3.05, 3.63) is 87.6 Å². The normalized spacial score (nSPS) is 11.2. The predicted molar refractivity (Wildman–Crippen MR) is 134 cm³/mol. The lowest BCUT2D eigenvalue weighted by Crippen LogP contribution is -2.13. The van der Waals surface area contributed by atoms with E-state index in [0.717, 1.165) is 20.8 Å². The number of carbonyl (C=O) groups excluding carboxylic acids is 1. The van der Waals surface area contributed by atoms with Crippen molar-refractivity contribution in [2.24, 2.45) is 0 Å². The number of hydrogen-bond donors (Lipinski definition) is 1. The maximum absolute atomic E-state index is 13.1. The SMILES string of the molecule is Cc1ccc2nc(-c3ccc(NC(=O)c4c(-c5c(Cl)cccc5Cl)noc4C)cc3)sc2c1. The number of aryl methyl sites for hydroxylation is 2. The average Bonchev–Trinajstić information content (AvgIpc) is 3.37. The van der Waals surface area contributed by atoms with Crippen molar-refractivity contribution in [3.63, 3.8) is 0 Å². The molecule has 0 aliphatic heterocycles. The van der Waals surface area contributed by atoms with E-state index >= 15 is 0 Å². The van der Waals surface area contributed by atoms with Gasteiger partial charge in [0.2, 0.25) is 0 Å². The monoisotopic (exact) mass is 493 g/mol. The van der Waals surface area contributed by atoms with Gasteiger partial charge in [-0.2, -0.15) is 0 Å². The van der Waals surface area contributed by atoms with Crippen molar-refractivity contribution in [2.45, 2.75) is 13.8 Å². The van der Waals surface area contributed by atoms with Crippen molar-refractivity contribution < 1.29 is 9.32 Å². The van der Waals surface area contributed by atoms with Crippen molar-refractivity contribution in [1.29, 1.82) is 0 Å². The van der Waals surface area contributed by atoms with Crippen LogP contribution in [0.4, 0.5) is 5.69 Å². The number of rotatable bonds is 4. The summed E-state index contributed by atoms with van der Waals surface area (Å²) in [5.41, 5.74) is 4.86. The van der Waals surface area contributed by atoms with Gasteiger partial charge in [0, 0.05) is 16.8 Å². The van der Waals surface area contributed by atoms with Crippen LogP contribution in [0.2, 0.25) is 10.0 Å². The Morgan fingerprint density at radius 2 is 1.73 bits per heavy atom. The van der Waals surface area contributed by atoms with E-state index in [4.69, 9.17) is 32.7 Å². The van der Waals surface area contributed by atoms with Crippen molar-refractivity contribution in [3.8, 4) is 21.8 Å². The number of amides is 1. The molecule has 0 unspecified atom stereocenters. The van der Waals surface area contributed by atoms with Gasteiger partial charge in [0.15, 0.2) is 0 Å². The number of nitrogens with zero attached hydrogens (tertiary/aromatic N) is 2. The molecule has 0 aliphatic rings. The summed E-state index contributed by atoms with van der Waals surface area (Å²) in [6.45, 7) is 3.74. The number of nitrogens with one attached hydrogen (secondary N) is 1. The van der Waals surface area contributed by atoms with Crippen LogP contribution in [-0.2, 0) is 0 Å². The Kier molecular flexibility index (Phi) is 5.66. The highest BCUT2D eigenvalue weighted by molar-refractivity contribution is 7.21. The second-order valence-corrected chi connectivity index (χ2v) is 9.43. The van der Waals surface area contributed by atoms with E-state index in [9.17, 15) is 4.79 Å². The van der Waals surface area contributed by atoms with Gasteiger partial charge in [-0.25, -0.2) is 4.98 Å². The lowest BCUT2D eigenvalue weighted by atomic mass is 10.1. The first-order valence-corrected chi connectivity index (χ1v) is 11.7. The summed E-state index contributed by atoms with van der Waals surface area (Å²) in [6.07, 6.45) is 0. The van der Waals surface area contributed by atoms with Gasteiger partial charge in [-0.1, -0.05) is 40.5 Å². The van der Waals surface area contributed by atoms with Crippen molar-refractivity contribution in [1.82, 2.24) is 10.1 Å². The summed E-state index contributed by atoms with van der Waals surface area (Å²) in [7, 11) is 0.